The summed E-state index contributed by atoms with van der Waals surface area (Å²) in [6.07, 6.45) is 0.683. The SMILES string of the molecule is Cc1c(-c2cc(F)c(N)cc2F)ccc2c3oc(N4CCN(C(=O)O)CC4)nc3c(=O)n(C3CC3)c12. The molecule has 4 aromatic rings. The second-order valence-corrected chi connectivity index (χ2v) is 9.33. The molecule has 3 heterocycles. The van der Waals surface area contributed by atoms with Gasteiger partial charge >= 0.3 is 6.09 Å². The van der Waals surface area contributed by atoms with Crippen LogP contribution in [0.5, 0.6) is 0 Å². The van der Waals surface area contributed by atoms with Crippen molar-refractivity contribution in [3.8, 4) is 11.1 Å². The van der Waals surface area contributed by atoms with Crippen LogP contribution in [0.3, 0.4) is 0 Å². The summed E-state index contributed by atoms with van der Waals surface area (Å²) in [6, 6.07) is 5.70. The predicted molar refractivity (Wildman–Crippen MR) is 130 cm³/mol. The lowest BCUT2D eigenvalue weighted by molar-refractivity contribution is 0.142. The molecule has 2 aliphatic rings. The number of fused-ring (bicyclic) bond motifs is 3. The van der Waals surface area contributed by atoms with Gasteiger partial charge in [0.05, 0.1) is 11.2 Å². The second-order valence-electron chi connectivity index (χ2n) is 9.33. The number of hydrogen-bond acceptors (Lipinski definition) is 6. The molecule has 2 aromatic carbocycles. The number of rotatable bonds is 3. The van der Waals surface area contributed by atoms with Crippen molar-refractivity contribution in [3.63, 3.8) is 0 Å². The molecular formula is C25H23F2N5O4. The van der Waals surface area contributed by atoms with Gasteiger partial charge in [0.15, 0.2) is 11.1 Å². The first kappa shape index (κ1) is 22.3. The first-order valence-corrected chi connectivity index (χ1v) is 11.7. The third kappa shape index (κ3) is 3.37. The first-order chi connectivity index (χ1) is 17.2. The Morgan fingerprint density at radius 2 is 1.83 bits per heavy atom. The van der Waals surface area contributed by atoms with Crippen molar-refractivity contribution in [1.29, 1.82) is 0 Å². The summed E-state index contributed by atoms with van der Waals surface area (Å²) in [7, 11) is 0. The Bertz CT molecular complexity index is 1620. The van der Waals surface area contributed by atoms with Crippen LogP contribution in [0.15, 0.2) is 33.5 Å². The summed E-state index contributed by atoms with van der Waals surface area (Å²) in [4.78, 5) is 32.5. The lowest BCUT2D eigenvalue weighted by atomic mass is 9.96. The number of hydrogen-bond donors (Lipinski definition) is 2. The average Bonchev–Trinajstić information content (AvgIpc) is 3.59. The summed E-state index contributed by atoms with van der Waals surface area (Å²) < 4.78 is 36.8. The van der Waals surface area contributed by atoms with E-state index in [1.807, 2.05) is 4.90 Å². The van der Waals surface area contributed by atoms with Crippen molar-refractivity contribution >= 4 is 39.8 Å². The number of benzene rings is 2. The van der Waals surface area contributed by atoms with Crippen LogP contribution in [-0.2, 0) is 0 Å². The zero-order valence-electron chi connectivity index (χ0n) is 19.4. The van der Waals surface area contributed by atoms with Gasteiger partial charge in [0.1, 0.15) is 11.6 Å². The van der Waals surface area contributed by atoms with Crippen LogP contribution in [0.25, 0.3) is 33.1 Å². The van der Waals surface area contributed by atoms with Gasteiger partial charge in [-0.05, 0) is 43.0 Å². The molecule has 1 aliphatic heterocycles. The van der Waals surface area contributed by atoms with Gasteiger partial charge in [0.25, 0.3) is 11.6 Å². The van der Waals surface area contributed by atoms with Crippen molar-refractivity contribution < 1.29 is 23.1 Å². The maximum atomic E-state index is 14.8. The number of nitrogen functional groups attached to an aromatic ring is 1. The number of aromatic nitrogens is 2. The van der Waals surface area contributed by atoms with E-state index in [4.69, 9.17) is 10.2 Å². The van der Waals surface area contributed by atoms with Crippen molar-refractivity contribution in [2.24, 2.45) is 0 Å². The molecule has 2 fully saturated rings. The van der Waals surface area contributed by atoms with Crippen LogP contribution in [0.2, 0.25) is 0 Å². The van der Waals surface area contributed by atoms with Crippen LogP contribution >= 0.6 is 0 Å². The van der Waals surface area contributed by atoms with Gasteiger partial charge in [-0.2, -0.15) is 4.98 Å². The normalized spacial score (nSPS) is 16.3. The predicted octanol–water partition coefficient (Wildman–Crippen LogP) is 4.11. The molecule has 36 heavy (non-hydrogen) atoms. The molecule has 1 amide bonds. The van der Waals surface area contributed by atoms with E-state index in [-0.39, 0.29) is 34.4 Å². The molecule has 0 radical (unpaired) electrons. The topological polar surface area (TPSA) is 118 Å². The van der Waals surface area contributed by atoms with E-state index < -0.39 is 17.7 Å². The van der Waals surface area contributed by atoms with E-state index in [1.54, 1.807) is 23.6 Å². The minimum Gasteiger partial charge on any atom is -0.465 e. The van der Waals surface area contributed by atoms with Gasteiger partial charge in [-0.1, -0.05) is 6.07 Å². The van der Waals surface area contributed by atoms with Crippen molar-refractivity contribution in [1.82, 2.24) is 14.5 Å². The molecule has 0 unspecified atom stereocenters. The van der Waals surface area contributed by atoms with E-state index in [0.717, 1.165) is 25.0 Å². The summed E-state index contributed by atoms with van der Waals surface area (Å²) in [5, 5.41) is 9.85. The lowest BCUT2D eigenvalue weighted by Crippen LogP contribution is -2.48. The molecule has 9 nitrogen and oxygen atoms in total. The van der Waals surface area contributed by atoms with E-state index in [9.17, 15) is 23.5 Å². The number of pyridine rings is 1. The molecular weight excluding hydrogens is 472 g/mol. The average molecular weight is 495 g/mol. The highest BCUT2D eigenvalue weighted by Gasteiger charge is 2.31. The van der Waals surface area contributed by atoms with E-state index >= 15 is 0 Å². The van der Waals surface area contributed by atoms with Crippen molar-refractivity contribution in [3.05, 3.63) is 51.8 Å². The maximum Gasteiger partial charge on any atom is 0.407 e. The number of piperazine rings is 1. The Kier molecular flexibility index (Phi) is 4.92. The molecule has 0 atom stereocenters. The van der Waals surface area contributed by atoms with E-state index in [1.165, 1.54) is 4.90 Å². The highest BCUT2D eigenvalue weighted by molar-refractivity contribution is 6.04. The molecule has 186 valence electrons. The molecule has 1 saturated heterocycles. The van der Waals surface area contributed by atoms with Gasteiger partial charge in [-0.15, -0.1) is 0 Å². The van der Waals surface area contributed by atoms with Gasteiger partial charge < -0.3 is 29.6 Å². The van der Waals surface area contributed by atoms with Crippen LogP contribution in [0.4, 0.5) is 25.3 Å². The molecule has 3 N–H and O–H groups in total. The number of nitrogens with zero attached hydrogens (tertiary/aromatic N) is 4. The molecule has 1 saturated carbocycles. The number of carbonyl (C=O) groups is 1. The van der Waals surface area contributed by atoms with Crippen LogP contribution in [0.1, 0.15) is 24.4 Å². The zero-order chi connectivity index (χ0) is 25.3. The fraction of sp³-hybridized carbons (Fsp3) is 0.320. The number of amides is 1. The minimum atomic E-state index is -0.978. The molecule has 6 rings (SSSR count). The monoisotopic (exact) mass is 495 g/mol. The number of carboxylic acid groups (broad SMARTS) is 1. The van der Waals surface area contributed by atoms with Crippen LogP contribution in [0, 0.1) is 18.6 Å². The third-order valence-corrected chi connectivity index (χ3v) is 7.06. The smallest absolute Gasteiger partial charge is 0.407 e. The number of anilines is 2. The van der Waals surface area contributed by atoms with Crippen LogP contribution in [-0.4, -0.2) is 51.8 Å². The standard InChI is InChI=1S/C25H23F2N5O4/c1-12-14(16-10-18(27)19(28)11-17(16)26)4-5-15-21(12)32(13-2-3-13)23(33)20-22(15)36-24(29-20)30-6-8-31(9-7-30)25(34)35/h4-5,10-11,13H,2-3,6-9,28H2,1H3,(H,34,35). The number of nitrogens with two attached hydrogens (primary N) is 1. The quantitative estimate of drug-likeness (QED) is 0.411. The largest absolute Gasteiger partial charge is 0.465 e. The Balaban J connectivity index is 1.54. The van der Waals surface area contributed by atoms with Crippen molar-refractivity contribution in [2.45, 2.75) is 25.8 Å². The van der Waals surface area contributed by atoms with Gasteiger partial charge in [0, 0.05) is 49.2 Å². The lowest BCUT2D eigenvalue weighted by Gasteiger charge is -2.31. The van der Waals surface area contributed by atoms with E-state index in [2.05, 4.69) is 4.98 Å². The molecule has 11 heteroatoms. The summed E-state index contributed by atoms with van der Waals surface area (Å²) in [6.45, 7) is 3.15. The third-order valence-electron chi connectivity index (χ3n) is 7.06. The number of oxazole rings is 1. The minimum absolute atomic E-state index is 0.00869. The van der Waals surface area contributed by atoms with Gasteiger partial charge in [0.2, 0.25) is 0 Å². The maximum absolute atomic E-state index is 14.8. The fourth-order valence-corrected chi connectivity index (χ4v) is 5.01. The summed E-state index contributed by atoms with van der Waals surface area (Å²) in [5.41, 5.74) is 7.20. The van der Waals surface area contributed by atoms with Crippen LogP contribution < -0.4 is 16.2 Å². The van der Waals surface area contributed by atoms with Gasteiger partial charge in [-0.3, -0.25) is 4.79 Å². The molecule has 2 aromatic heterocycles. The van der Waals surface area contributed by atoms with E-state index in [0.29, 0.717) is 53.8 Å². The summed E-state index contributed by atoms with van der Waals surface area (Å²) in [5.74, 6) is -1.37. The Morgan fingerprint density at radius 3 is 2.50 bits per heavy atom. The van der Waals surface area contributed by atoms with Gasteiger partial charge in [-0.25, -0.2) is 13.6 Å². The number of halogens is 2. The molecule has 0 bridgehead atoms. The first-order valence-electron chi connectivity index (χ1n) is 11.7. The van der Waals surface area contributed by atoms with Crippen molar-refractivity contribution in [2.75, 3.05) is 36.8 Å². The Hall–Kier alpha value is -4.15. The highest BCUT2D eigenvalue weighted by atomic mass is 19.1. The Labute approximate surface area is 203 Å². The zero-order valence-corrected chi connectivity index (χ0v) is 19.4. The number of aryl methyl sites for hydroxylation is 1. The molecule has 0 spiro atoms. The second kappa shape index (κ2) is 7.94. The summed E-state index contributed by atoms with van der Waals surface area (Å²) >= 11 is 0. The Morgan fingerprint density at radius 1 is 1.11 bits per heavy atom. The highest BCUT2D eigenvalue weighted by Crippen LogP contribution is 2.41. The molecule has 1 aliphatic carbocycles. The fourth-order valence-electron chi connectivity index (χ4n) is 5.01.